The molecule has 1 unspecified atom stereocenters. The summed E-state index contributed by atoms with van der Waals surface area (Å²) in [4.78, 5) is 2.36. The third-order valence-corrected chi connectivity index (χ3v) is 3.85. The van der Waals surface area contributed by atoms with E-state index in [0.29, 0.717) is 0 Å². The molecule has 21 heavy (non-hydrogen) atoms. The number of hydrogen-bond donors (Lipinski definition) is 0. The van der Waals surface area contributed by atoms with Gasteiger partial charge in [0.1, 0.15) is 0 Å². The van der Waals surface area contributed by atoms with E-state index < -0.39 is 0 Å². The van der Waals surface area contributed by atoms with Crippen LogP contribution in [0, 0.1) is 11.3 Å². The minimum Gasteiger partial charge on any atom is -0.371 e. The summed E-state index contributed by atoms with van der Waals surface area (Å²) in [5.74, 6) is 0. The average Bonchev–Trinajstić information content (AvgIpc) is 2.56. The molecule has 0 saturated carbocycles. The van der Waals surface area contributed by atoms with E-state index in [0.717, 1.165) is 37.4 Å². The van der Waals surface area contributed by atoms with Gasteiger partial charge in [0.25, 0.3) is 0 Å². The highest BCUT2D eigenvalue weighted by atomic mass is 16.5. The largest absolute Gasteiger partial charge is 0.371 e. The fourth-order valence-electron chi connectivity index (χ4n) is 2.72. The third kappa shape index (κ3) is 3.30. The SMILES string of the molecule is N#Cc1ccccc1CN1CCOC(c2ccccc2)C1. The van der Waals surface area contributed by atoms with Crippen molar-refractivity contribution < 1.29 is 4.74 Å². The normalized spacial score (nSPS) is 19.1. The number of rotatable bonds is 3. The van der Waals surface area contributed by atoms with Gasteiger partial charge in [-0.2, -0.15) is 5.26 Å². The molecule has 3 rings (SSSR count). The molecule has 0 spiro atoms. The van der Waals surface area contributed by atoms with Crippen LogP contribution in [0.15, 0.2) is 54.6 Å². The number of benzene rings is 2. The van der Waals surface area contributed by atoms with Crippen molar-refractivity contribution in [3.05, 3.63) is 71.3 Å². The maximum Gasteiger partial charge on any atom is 0.0995 e. The number of nitrogens with zero attached hydrogens (tertiary/aromatic N) is 2. The van der Waals surface area contributed by atoms with Crippen molar-refractivity contribution in [2.24, 2.45) is 0 Å². The van der Waals surface area contributed by atoms with Gasteiger partial charge in [-0.3, -0.25) is 4.90 Å². The van der Waals surface area contributed by atoms with Crippen molar-refractivity contribution in [1.82, 2.24) is 4.90 Å². The van der Waals surface area contributed by atoms with E-state index in [2.05, 4.69) is 23.1 Å². The van der Waals surface area contributed by atoms with E-state index >= 15 is 0 Å². The standard InChI is InChI=1S/C18H18N2O/c19-12-16-8-4-5-9-17(16)13-20-10-11-21-18(14-20)15-6-2-1-3-7-15/h1-9,18H,10-11,13-14H2. The Bertz CT molecular complexity index is 633. The smallest absolute Gasteiger partial charge is 0.0995 e. The lowest BCUT2D eigenvalue weighted by molar-refractivity contribution is -0.0329. The average molecular weight is 278 g/mol. The first-order valence-electron chi connectivity index (χ1n) is 7.24. The van der Waals surface area contributed by atoms with Crippen LogP contribution in [0.1, 0.15) is 22.8 Å². The minimum atomic E-state index is 0.120. The molecule has 0 aliphatic carbocycles. The lowest BCUT2D eigenvalue weighted by Crippen LogP contribution is -2.37. The van der Waals surface area contributed by atoms with E-state index in [1.54, 1.807) is 0 Å². The Hall–Kier alpha value is -2.15. The van der Waals surface area contributed by atoms with Gasteiger partial charge in [0, 0.05) is 19.6 Å². The molecule has 0 radical (unpaired) electrons. The lowest BCUT2D eigenvalue weighted by Gasteiger charge is -2.33. The summed E-state index contributed by atoms with van der Waals surface area (Å²) >= 11 is 0. The minimum absolute atomic E-state index is 0.120. The van der Waals surface area contributed by atoms with Gasteiger partial charge in [0.05, 0.1) is 24.3 Å². The fourth-order valence-corrected chi connectivity index (χ4v) is 2.72. The van der Waals surface area contributed by atoms with Crippen molar-refractivity contribution >= 4 is 0 Å². The summed E-state index contributed by atoms with van der Waals surface area (Å²) in [6.45, 7) is 3.30. The molecule has 1 atom stereocenters. The Morgan fingerprint density at radius 3 is 2.67 bits per heavy atom. The van der Waals surface area contributed by atoms with E-state index in [-0.39, 0.29) is 6.10 Å². The second-order valence-electron chi connectivity index (χ2n) is 5.27. The molecule has 2 aromatic rings. The molecular weight excluding hydrogens is 260 g/mol. The zero-order chi connectivity index (χ0) is 14.5. The van der Waals surface area contributed by atoms with E-state index in [1.807, 2.05) is 42.5 Å². The topological polar surface area (TPSA) is 36.3 Å². The highest BCUT2D eigenvalue weighted by Crippen LogP contribution is 2.23. The molecule has 106 valence electrons. The van der Waals surface area contributed by atoms with Crippen molar-refractivity contribution in [3.63, 3.8) is 0 Å². The fraction of sp³-hybridized carbons (Fsp3) is 0.278. The molecule has 3 heteroatoms. The van der Waals surface area contributed by atoms with E-state index in [4.69, 9.17) is 4.74 Å². The van der Waals surface area contributed by atoms with Crippen LogP contribution in [0.4, 0.5) is 0 Å². The maximum absolute atomic E-state index is 9.18. The lowest BCUT2D eigenvalue weighted by atomic mass is 10.1. The summed E-state index contributed by atoms with van der Waals surface area (Å²) in [5, 5.41) is 9.18. The Kier molecular flexibility index (Phi) is 4.30. The first kappa shape index (κ1) is 13.8. The van der Waals surface area contributed by atoms with E-state index in [9.17, 15) is 5.26 Å². The van der Waals surface area contributed by atoms with Crippen LogP contribution in [0.5, 0.6) is 0 Å². The van der Waals surface area contributed by atoms with Crippen LogP contribution in [0.25, 0.3) is 0 Å². The molecule has 0 aromatic heterocycles. The monoisotopic (exact) mass is 278 g/mol. The van der Waals surface area contributed by atoms with Gasteiger partial charge in [-0.05, 0) is 17.2 Å². The van der Waals surface area contributed by atoms with Crippen molar-refractivity contribution in [2.45, 2.75) is 12.6 Å². The zero-order valence-corrected chi connectivity index (χ0v) is 11.9. The number of ether oxygens (including phenoxy) is 1. The van der Waals surface area contributed by atoms with Crippen LogP contribution >= 0.6 is 0 Å². The van der Waals surface area contributed by atoms with Gasteiger partial charge in [0.15, 0.2) is 0 Å². The molecule has 1 fully saturated rings. The first-order chi connectivity index (χ1) is 10.4. The molecule has 0 amide bonds. The number of morpholine rings is 1. The maximum atomic E-state index is 9.18. The molecule has 3 nitrogen and oxygen atoms in total. The van der Waals surface area contributed by atoms with Crippen LogP contribution in [0.2, 0.25) is 0 Å². The third-order valence-electron chi connectivity index (χ3n) is 3.85. The molecule has 1 aliphatic heterocycles. The molecule has 0 bridgehead atoms. The number of hydrogen-bond acceptors (Lipinski definition) is 3. The highest BCUT2D eigenvalue weighted by Gasteiger charge is 2.22. The molecular formula is C18H18N2O. The van der Waals surface area contributed by atoms with Crippen LogP contribution in [0.3, 0.4) is 0 Å². The van der Waals surface area contributed by atoms with Crippen molar-refractivity contribution in [1.29, 1.82) is 5.26 Å². The summed E-state index contributed by atoms with van der Waals surface area (Å²) in [5.41, 5.74) is 3.07. The molecule has 0 N–H and O–H groups in total. The molecule has 1 saturated heterocycles. The highest BCUT2D eigenvalue weighted by molar-refractivity contribution is 5.37. The van der Waals surface area contributed by atoms with Crippen LogP contribution in [-0.4, -0.2) is 24.6 Å². The van der Waals surface area contributed by atoms with Crippen molar-refractivity contribution in [2.75, 3.05) is 19.7 Å². The van der Waals surface area contributed by atoms with Gasteiger partial charge in [-0.15, -0.1) is 0 Å². The van der Waals surface area contributed by atoms with Crippen LogP contribution < -0.4 is 0 Å². The first-order valence-corrected chi connectivity index (χ1v) is 7.24. The van der Waals surface area contributed by atoms with Gasteiger partial charge in [0.2, 0.25) is 0 Å². The van der Waals surface area contributed by atoms with Gasteiger partial charge >= 0.3 is 0 Å². The Morgan fingerprint density at radius 1 is 1.10 bits per heavy atom. The second kappa shape index (κ2) is 6.53. The van der Waals surface area contributed by atoms with Crippen LogP contribution in [-0.2, 0) is 11.3 Å². The Morgan fingerprint density at radius 2 is 1.86 bits per heavy atom. The Labute approximate surface area is 125 Å². The summed E-state index contributed by atoms with van der Waals surface area (Å²) in [6, 6.07) is 20.4. The Balaban J connectivity index is 1.71. The molecule has 1 heterocycles. The number of nitriles is 1. The van der Waals surface area contributed by atoms with Gasteiger partial charge in [-0.25, -0.2) is 0 Å². The second-order valence-corrected chi connectivity index (χ2v) is 5.27. The van der Waals surface area contributed by atoms with Crippen molar-refractivity contribution in [3.8, 4) is 6.07 Å². The quantitative estimate of drug-likeness (QED) is 0.865. The van der Waals surface area contributed by atoms with E-state index in [1.165, 1.54) is 5.56 Å². The van der Waals surface area contributed by atoms with Gasteiger partial charge < -0.3 is 4.74 Å². The molecule has 1 aliphatic rings. The summed E-state index contributed by atoms with van der Waals surface area (Å²) in [7, 11) is 0. The predicted octanol–water partition coefficient (Wildman–Crippen LogP) is 3.13. The zero-order valence-electron chi connectivity index (χ0n) is 11.9. The predicted molar refractivity (Wildman–Crippen MR) is 81.6 cm³/mol. The molecule has 2 aromatic carbocycles. The summed E-state index contributed by atoms with van der Waals surface area (Å²) in [6.07, 6.45) is 0.120. The summed E-state index contributed by atoms with van der Waals surface area (Å²) < 4.78 is 5.88. The van der Waals surface area contributed by atoms with Gasteiger partial charge in [-0.1, -0.05) is 48.5 Å².